The van der Waals surface area contributed by atoms with Gasteiger partial charge in [-0.05, 0) is 48.2 Å². The Morgan fingerprint density at radius 3 is 2.52 bits per heavy atom. The van der Waals surface area contributed by atoms with E-state index in [-0.39, 0.29) is 49.0 Å². The lowest BCUT2D eigenvalue weighted by atomic mass is 9.93. The van der Waals surface area contributed by atoms with Crippen LogP contribution in [-0.4, -0.2) is 38.9 Å². The van der Waals surface area contributed by atoms with Gasteiger partial charge < -0.3 is 15.2 Å². The number of carboxylic acids is 1. The summed E-state index contributed by atoms with van der Waals surface area (Å²) in [6.07, 6.45) is 0.822. The van der Waals surface area contributed by atoms with Crippen molar-refractivity contribution in [1.82, 2.24) is 14.8 Å². The van der Waals surface area contributed by atoms with Crippen LogP contribution in [0.1, 0.15) is 48.9 Å². The fourth-order valence-corrected chi connectivity index (χ4v) is 3.84. The van der Waals surface area contributed by atoms with Crippen molar-refractivity contribution < 1.29 is 23.8 Å². The van der Waals surface area contributed by atoms with Crippen LogP contribution in [0, 0.1) is 5.82 Å². The third-order valence-corrected chi connectivity index (χ3v) is 5.51. The predicted octanol–water partition coefficient (Wildman–Crippen LogP) is 3.77. The van der Waals surface area contributed by atoms with Crippen LogP contribution in [0.2, 0.25) is 0 Å². The Labute approximate surface area is 189 Å². The van der Waals surface area contributed by atoms with Gasteiger partial charge in [0, 0.05) is 12.8 Å². The molecule has 0 fully saturated rings. The molecule has 33 heavy (non-hydrogen) atoms. The molecule has 1 aliphatic heterocycles. The molecule has 1 aliphatic rings. The van der Waals surface area contributed by atoms with Gasteiger partial charge in [0.1, 0.15) is 11.6 Å². The number of rotatable bonds is 8. The summed E-state index contributed by atoms with van der Waals surface area (Å²) in [5.41, 5.74) is 1.89. The maximum atomic E-state index is 13.5. The lowest BCUT2D eigenvalue weighted by Gasteiger charge is -2.31. The normalized spacial score (nSPS) is 17.0. The van der Waals surface area contributed by atoms with E-state index in [0.717, 1.165) is 16.9 Å². The highest BCUT2D eigenvalue weighted by Gasteiger charge is 2.31. The highest BCUT2D eigenvalue weighted by atomic mass is 19.1. The highest BCUT2D eigenvalue weighted by molar-refractivity contribution is 5.89. The van der Waals surface area contributed by atoms with E-state index in [2.05, 4.69) is 20.7 Å². The fourth-order valence-electron chi connectivity index (χ4n) is 3.84. The van der Waals surface area contributed by atoms with Crippen molar-refractivity contribution in [2.24, 2.45) is 0 Å². The van der Waals surface area contributed by atoms with E-state index in [9.17, 15) is 14.0 Å². The molecule has 0 saturated heterocycles. The van der Waals surface area contributed by atoms with E-state index in [4.69, 9.17) is 9.84 Å². The molecule has 10 heteroatoms. The number of anilines is 2. The summed E-state index contributed by atoms with van der Waals surface area (Å²) >= 11 is 0. The van der Waals surface area contributed by atoms with Crippen molar-refractivity contribution >= 4 is 23.8 Å². The zero-order valence-electron chi connectivity index (χ0n) is 18.0. The Morgan fingerprint density at radius 2 is 1.85 bits per heavy atom. The topological polar surface area (TPSA) is 118 Å². The molecule has 1 aromatic heterocycles. The Hall–Kier alpha value is -3.95. The quantitative estimate of drug-likeness (QED) is 0.475. The Morgan fingerprint density at radius 1 is 1.15 bits per heavy atom. The first kappa shape index (κ1) is 22.3. The van der Waals surface area contributed by atoms with Crippen molar-refractivity contribution in [3.63, 3.8) is 0 Å². The van der Waals surface area contributed by atoms with E-state index in [1.807, 2.05) is 24.3 Å². The third kappa shape index (κ3) is 5.28. The van der Waals surface area contributed by atoms with Gasteiger partial charge in [-0.1, -0.05) is 24.3 Å². The predicted molar refractivity (Wildman–Crippen MR) is 119 cm³/mol. The zero-order chi connectivity index (χ0) is 23.4. The first-order chi connectivity index (χ1) is 15.9. The number of aromatic nitrogens is 3. The van der Waals surface area contributed by atoms with Crippen molar-refractivity contribution in [3.05, 3.63) is 65.5 Å². The molecule has 0 bridgehead atoms. The molecule has 9 nitrogen and oxygen atoms in total. The molecule has 2 unspecified atom stereocenters. The van der Waals surface area contributed by atoms with E-state index in [1.54, 1.807) is 23.9 Å². The van der Waals surface area contributed by atoms with Gasteiger partial charge in [-0.2, -0.15) is 4.98 Å². The van der Waals surface area contributed by atoms with Crippen LogP contribution in [0.25, 0.3) is 0 Å². The molecular weight excluding hydrogens is 429 g/mol. The maximum Gasteiger partial charge on any atom is 0.303 e. The molecular formula is C23H24FN5O4. The second kappa shape index (κ2) is 9.68. The highest BCUT2D eigenvalue weighted by Crippen LogP contribution is 2.38. The van der Waals surface area contributed by atoms with E-state index in [1.165, 1.54) is 12.1 Å². The Kier molecular flexibility index (Phi) is 6.53. The number of methoxy groups -OCH3 is 1. The van der Waals surface area contributed by atoms with Gasteiger partial charge in [0.05, 0.1) is 19.2 Å². The SMILES string of the molecule is COc1ccc(C2CC(c3ccc(F)cc3)n3nc(NC(=O)CCCC(=O)O)nc3N2)cc1. The number of hydrogen-bond donors (Lipinski definition) is 3. The monoisotopic (exact) mass is 453 g/mol. The van der Waals surface area contributed by atoms with Gasteiger partial charge in [0.2, 0.25) is 11.9 Å². The summed E-state index contributed by atoms with van der Waals surface area (Å²) in [5.74, 6) is -0.288. The number of carbonyl (C=O) groups is 2. The number of hydrogen-bond acceptors (Lipinski definition) is 6. The summed E-state index contributed by atoms with van der Waals surface area (Å²) in [4.78, 5) is 27.3. The number of amides is 1. The third-order valence-electron chi connectivity index (χ3n) is 5.51. The molecule has 3 N–H and O–H groups in total. The average molecular weight is 453 g/mol. The van der Waals surface area contributed by atoms with Gasteiger partial charge in [-0.25, -0.2) is 9.07 Å². The van der Waals surface area contributed by atoms with Crippen LogP contribution < -0.4 is 15.4 Å². The number of halogens is 1. The molecule has 0 radical (unpaired) electrons. The van der Waals surface area contributed by atoms with Gasteiger partial charge in [-0.3, -0.25) is 14.9 Å². The number of fused-ring (bicyclic) bond motifs is 1. The lowest BCUT2D eigenvalue weighted by molar-refractivity contribution is -0.137. The van der Waals surface area contributed by atoms with Crippen LogP contribution in [-0.2, 0) is 9.59 Å². The van der Waals surface area contributed by atoms with E-state index >= 15 is 0 Å². The number of nitrogens with zero attached hydrogens (tertiary/aromatic N) is 3. The number of carboxylic acid groups (broad SMARTS) is 1. The summed E-state index contributed by atoms with van der Waals surface area (Å²) in [6, 6.07) is 13.6. The fraction of sp³-hybridized carbons (Fsp3) is 0.304. The number of aliphatic carboxylic acids is 1. The minimum Gasteiger partial charge on any atom is -0.497 e. The van der Waals surface area contributed by atoms with Crippen molar-refractivity contribution in [1.29, 1.82) is 0 Å². The van der Waals surface area contributed by atoms with Crippen LogP contribution in [0.3, 0.4) is 0 Å². The number of benzene rings is 2. The molecule has 0 spiro atoms. The first-order valence-corrected chi connectivity index (χ1v) is 10.6. The molecule has 2 atom stereocenters. The summed E-state index contributed by atoms with van der Waals surface area (Å²) in [7, 11) is 1.61. The minimum absolute atomic E-state index is 0.0550. The number of ether oxygens (including phenoxy) is 1. The summed E-state index contributed by atoms with van der Waals surface area (Å²) in [6.45, 7) is 0. The van der Waals surface area contributed by atoms with Crippen molar-refractivity contribution in [3.8, 4) is 5.75 Å². The molecule has 172 valence electrons. The lowest BCUT2D eigenvalue weighted by Crippen LogP contribution is -2.28. The van der Waals surface area contributed by atoms with Crippen LogP contribution in [0.4, 0.5) is 16.3 Å². The average Bonchev–Trinajstić information content (AvgIpc) is 3.21. The van der Waals surface area contributed by atoms with Crippen LogP contribution >= 0.6 is 0 Å². The zero-order valence-corrected chi connectivity index (χ0v) is 18.0. The second-order valence-corrected chi connectivity index (χ2v) is 7.77. The molecule has 3 aromatic rings. The van der Waals surface area contributed by atoms with Crippen molar-refractivity contribution in [2.45, 2.75) is 37.8 Å². The summed E-state index contributed by atoms with van der Waals surface area (Å²) in [5, 5.41) is 19.2. The summed E-state index contributed by atoms with van der Waals surface area (Å²) < 4.78 is 20.4. The van der Waals surface area contributed by atoms with Gasteiger partial charge in [0.25, 0.3) is 5.95 Å². The van der Waals surface area contributed by atoms with Crippen LogP contribution in [0.5, 0.6) is 5.75 Å². The molecule has 2 aromatic carbocycles. The number of nitrogens with one attached hydrogen (secondary N) is 2. The van der Waals surface area contributed by atoms with Crippen LogP contribution in [0.15, 0.2) is 48.5 Å². The molecule has 2 heterocycles. The Bertz CT molecular complexity index is 1130. The standard InChI is InChI=1S/C23H24FN5O4/c1-33-17-11-7-14(8-12-17)18-13-19(15-5-9-16(24)10-6-15)29-23(25-18)27-22(28-29)26-20(30)3-2-4-21(31)32/h5-12,18-19H,2-4,13H2,1H3,(H,31,32)(H2,25,26,27,28,30). The molecule has 1 amide bonds. The molecule has 0 saturated carbocycles. The molecule has 4 rings (SSSR count). The van der Waals surface area contributed by atoms with E-state index < -0.39 is 5.97 Å². The largest absolute Gasteiger partial charge is 0.497 e. The van der Waals surface area contributed by atoms with Gasteiger partial charge in [0.15, 0.2) is 0 Å². The maximum absolute atomic E-state index is 13.5. The van der Waals surface area contributed by atoms with E-state index in [0.29, 0.717) is 12.4 Å². The first-order valence-electron chi connectivity index (χ1n) is 10.6. The minimum atomic E-state index is -0.950. The van der Waals surface area contributed by atoms with Crippen molar-refractivity contribution in [2.75, 3.05) is 17.7 Å². The van der Waals surface area contributed by atoms with Gasteiger partial charge in [-0.15, -0.1) is 5.10 Å². The number of carbonyl (C=O) groups excluding carboxylic acids is 1. The smallest absolute Gasteiger partial charge is 0.303 e. The van der Waals surface area contributed by atoms with Gasteiger partial charge >= 0.3 is 5.97 Å². The Balaban J connectivity index is 1.59. The molecule has 0 aliphatic carbocycles. The second-order valence-electron chi connectivity index (χ2n) is 7.77.